The Balaban J connectivity index is 1.37. The summed E-state index contributed by atoms with van der Waals surface area (Å²) in [5.74, 6) is 0.0630. The first-order chi connectivity index (χ1) is 15.0. The lowest BCUT2D eigenvalue weighted by Gasteiger charge is -2.28. The van der Waals surface area contributed by atoms with Crippen LogP contribution >= 0.6 is 11.3 Å². The average molecular weight is 432 g/mol. The van der Waals surface area contributed by atoms with Gasteiger partial charge in [-0.05, 0) is 63.0 Å². The van der Waals surface area contributed by atoms with Crippen molar-refractivity contribution in [1.29, 1.82) is 0 Å². The minimum absolute atomic E-state index is 0.0630. The van der Waals surface area contributed by atoms with E-state index < -0.39 is 0 Å². The van der Waals surface area contributed by atoms with E-state index in [1.165, 1.54) is 11.3 Å². The summed E-state index contributed by atoms with van der Waals surface area (Å²) < 4.78 is 2.13. The first kappa shape index (κ1) is 20.0. The molecule has 0 spiro atoms. The van der Waals surface area contributed by atoms with Crippen molar-refractivity contribution < 1.29 is 4.79 Å². The van der Waals surface area contributed by atoms with E-state index in [9.17, 15) is 4.79 Å². The van der Waals surface area contributed by atoms with Gasteiger partial charge in [0.25, 0.3) is 0 Å². The molecule has 0 atom stereocenters. The highest BCUT2D eigenvalue weighted by Crippen LogP contribution is 2.27. The number of carbonyl (C=O) groups excluding carboxylic acids is 1. The third-order valence-electron chi connectivity index (χ3n) is 6.01. The van der Waals surface area contributed by atoms with Crippen molar-refractivity contribution in [1.82, 2.24) is 24.6 Å². The molecule has 6 nitrogen and oxygen atoms in total. The summed E-state index contributed by atoms with van der Waals surface area (Å²) >= 11 is 1.43. The molecule has 0 bridgehead atoms. The quantitative estimate of drug-likeness (QED) is 0.434. The van der Waals surface area contributed by atoms with Crippen LogP contribution in [0.1, 0.15) is 39.3 Å². The van der Waals surface area contributed by atoms with Gasteiger partial charge in [0.1, 0.15) is 0 Å². The number of hydrogen-bond donors (Lipinski definition) is 0. The lowest BCUT2D eigenvalue weighted by atomic mass is 10.0. The molecule has 0 N–H and O–H groups in total. The number of aryl methyl sites for hydroxylation is 1. The van der Waals surface area contributed by atoms with E-state index in [4.69, 9.17) is 0 Å². The molecule has 3 aromatic heterocycles. The van der Waals surface area contributed by atoms with Crippen LogP contribution in [0.15, 0.2) is 49.1 Å². The van der Waals surface area contributed by atoms with Gasteiger partial charge in [0.05, 0.1) is 28.5 Å². The van der Waals surface area contributed by atoms with E-state index in [1.54, 1.807) is 6.20 Å². The molecule has 1 aromatic carbocycles. The van der Waals surface area contributed by atoms with Gasteiger partial charge in [-0.2, -0.15) is 5.10 Å². The molecule has 1 fully saturated rings. The van der Waals surface area contributed by atoms with Gasteiger partial charge in [0, 0.05) is 35.2 Å². The number of rotatable bonds is 5. The van der Waals surface area contributed by atoms with Gasteiger partial charge in [0.15, 0.2) is 5.78 Å². The second-order valence-corrected chi connectivity index (χ2v) is 9.56. The van der Waals surface area contributed by atoms with E-state index in [-0.39, 0.29) is 12.2 Å². The highest BCUT2D eigenvalue weighted by atomic mass is 32.1. The van der Waals surface area contributed by atoms with Crippen LogP contribution in [-0.2, 0) is 6.42 Å². The molecule has 7 heteroatoms. The molecular weight excluding hydrogens is 406 g/mol. The SMILES string of the molecule is Cc1ncc(C(=O)Cc2cc3cc(-c4cnn(C5CCN(C)CC5)c4)ccc3cn2)s1. The van der Waals surface area contributed by atoms with E-state index in [0.717, 1.165) is 58.5 Å². The summed E-state index contributed by atoms with van der Waals surface area (Å²) in [4.78, 5) is 24.3. The van der Waals surface area contributed by atoms with Gasteiger partial charge in [-0.3, -0.25) is 14.5 Å². The van der Waals surface area contributed by atoms with Crippen molar-refractivity contribution >= 4 is 27.9 Å². The second kappa shape index (κ2) is 8.32. The summed E-state index contributed by atoms with van der Waals surface area (Å²) in [5, 5.41) is 7.71. The summed E-state index contributed by atoms with van der Waals surface area (Å²) in [6, 6.07) is 8.86. The molecule has 4 aromatic rings. The van der Waals surface area contributed by atoms with Crippen LogP contribution in [0, 0.1) is 6.92 Å². The number of aromatic nitrogens is 4. The van der Waals surface area contributed by atoms with E-state index in [2.05, 4.69) is 56.1 Å². The molecule has 5 rings (SSSR count). The third kappa shape index (κ3) is 4.29. The Morgan fingerprint density at radius 2 is 1.90 bits per heavy atom. The molecule has 1 aliphatic heterocycles. The number of benzene rings is 1. The van der Waals surface area contributed by atoms with Gasteiger partial charge in [-0.15, -0.1) is 11.3 Å². The number of thiazole rings is 1. The molecule has 0 saturated carbocycles. The number of hydrogen-bond acceptors (Lipinski definition) is 6. The Hall–Kier alpha value is -2.90. The number of fused-ring (bicyclic) bond motifs is 1. The number of nitrogens with zero attached hydrogens (tertiary/aromatic N) is 5. The third-order valence-corrected chi connectivity index (χ3v) is 6.97. The highest BCUT2D eigenvalue weighted by Gasteiger charge is 2.19. The highest BCUT2D eigenvalue weighted by molar-refractivity contribution is 7.13. The van der Waals surface area contributed by atoms with Crippen molar-refractivity contribution in [2.24, 2.45) is 0 Å². The molecule has 4 heterocycles. The van der Waals surface area contributed by atoms with Crippen molar-refractivity contribution in [2.75, 3.05) is 20.1 Å². The number of Topliss-reactive ketones (excluding diaryl/α,β-unsaturated/α-hetero) is 1. The van der Waals surface area contributed by atoms with Crippen molar-refractivity contribution in [3.8, 4) is 11.1 Å². The fraction of sp³-hybridized carbons (Fsp3) is 0.333. The summed E-state index contributed by atoms with van der Waals surface area (Å²) in [6.45, 7) is 4.14. The molecule has 0 amide bonds. The van der Waals surface area contributed by atoms with E-state index in [1.807, 2.05) is 25.4 Å². The molecule has 1 aliphatic rings. The monoisotopic (exact) mass is 431 g/mol. The van der Waals surface area contributed by atoms with Crippen LogP contribution in [0.2, 0.25) is 0 Å². The van der Waals surface area contributed by atoms with Crippen molar-refractivity contribution in [2.45, 2.75) is 32.2 Å². The molecule has 0 radical (unpaired) electrons. The lowest BCUT2D eigenvalue weighted by Crippen LogP contribution is -2.31. The number of likely N-dealkylation sites (tertiary alicyclic amines) is 1. The first-order valence-electron chi connectivity index (χ1n) is 10.6. The zero-order valence-corrected chi connectivity index (χ0v) is 18.6. The Bertz CT molecular complexity index is 1240. The molecule has 0 unspecified atom stereocenters. The van der Waals surface area contributed by atoms with Gasteiger partial charge in [0.2, 0.25) is 0 Å². The standard InChI is InChI=1S/C24H25N5OS/c1-16-25-14-24(31-16)23(30)11-21-10-19-9-17(3-4-18(19)12-26-21)20-13-27-29(15-20)22-5-7-28(2)8-6-22/h3-4,9-10,12-15,22H,5-8,11H2,1-2H3. The van der Waals surface area contributed by atoms with Crippen LogP contribution < -0.4 is 0 Å². The Kier molecular flexibility index (Phi) is 5.38. The van der Waals surface area contributed by atoms with Gasteiger partial charge in [-0.25, -0.2) is 4.98 Å². The maximum Gasteiger partial charge on any atom is 0.180 e. The Labute approximate surface area is 185 Å². The topological polar surface area (TPSA) is 63.9 Å². The maximum absolute atomic E-state index is 12.5. The summed E-state index contributed by atoms with van der Waals surface area (Å²) in [5.41, 5.74) is 3.03. The van der Waals surface area contributed by atoms with E-state index in [0.29, 0.717) is 10.9 Å². The summed E-state index contributed by atoms with van der Waals surface area (Å²) in [6.07, 6.45) is 10.2. The molecule has 31 heavy (non-hydrogen) atoms. The Morgan fingerprint density at radius 1 is 1.06 bits per heavy atom. The number of ketones is 1. The zero-order chi connectivity index (χ0) is 21.4. The normalized spacial score (nSPS) is 15.5. The summed E-state index contributed by atoms with van der Waals surface area (Å²) in [7, 11) is 2.18. The predicted molar refractivity (Wildman–Crippen MR) is 124 cm³/mol. The van der Waals surface area contributed by atoms with Gasteiger partial charge in [-0.1, -0.05) is 12.1 Å². The van der Waals surface area contributed by atoms with Crippen LogP contribution in [0.4, 0.5) is 0 Å². The van der Waals surface area contributed by atoms with Crippen molar-refractivity contribution in [3.05, 3.63) is 64.6 Å². The van der Waals surface area contributed by atoms with Gasteiger partial charge < -0.3 is 4.90 Å². The molecule has 1 saturated heterocycles. The molecule has 0 aliphatic carbocycles. The fourth-order valence-corrected chi connectivity index (χ4v) is 4.87. The van der Waals surface area contributed by atoms with Crippen LogP contribution in [0.5, 0.6) is 0 Å². The zero-order valence-electron chi connectivity index (χ0n) is 17.8. The number of piperidine rings is 1. The molecular formula is C24H25N5OS. The largest absolute Gasteiger partial charge is 0.306 e. The second-order valence-electron chi connectivity index (χ2n) is 8.32. The first-order valence-corrected chi connectivity index (χ1v) is 11.4. The average Bonchev–Trinajstić information content (AvgIpc) is 3.43. The maximum atomic E-state index is 12.5. The molecule has 158 valence electrons. The van der Waals surface area contributed by atoms with Crippen LogP contribution in [0.25, 0.3) is 21.9 Å². The predicted octanol–water partition coefficient (Wildman–Crippen LogP) is 4.56. The van der Waals surface area contributed by atoms with E-state index >= 15 is 0 Å². The lowest BCUT2D eigenvalue weighted by molar-refractivity contribution is 0.0995. The minimum Gasteiger partial charge on any atom is -0.306 e. The number of carbonyl (C=O) groups is 1. The fourth-order valence-electron chi connectivity index (χ4n) is 4.15. The van der Waals surface area contributed by atoms with Gasteiger partial charge >= 0.3 is 0 Å². The van der Waals surface area contributed by atoms with Crippen molar-refractivity contribution in [3.63, 3.8) is 0 Å². The van der Waals surface area contributed by atoms with Crippen LogP contribution in [0.3, 0.4) is 0 Å². The van der Waals surface area contributed by atoms with Crippen LogP contribution in [-0.4, -0.2) is 50.6 Å². The number of pyridine rings is 1. The smallest absolute Gasteiger partial charge is 0.180 e. The Morgan fingerprint density at radius 3 is 2.68 bits per heavy atom. The minimum atomic E-state index is 0.0630.